The number of aliphatic hydroxyl groups excluding tert-OH is 1. The van der Waals surface area contributed by atoms with Gasteiger partial charge in [0.25, 0.3) is 0 Å². The first-order valence-corrected chi connectivity index (χ1v) is 7.71. The number of nitrogens with zero attached hydrogens (tertiary/aromatic N) is 2. The normalized spacial score (nSPS) is 22.0. The van der Waals surface area contributed by atoms with Gasteiger partial charge in [0, 0.05) is 38.8 Å². The number of benzene rings is 1. The van der Waals surface area contributed by atoms with Crippen molar-refractivity contribution in [1.82, 2.24) is 9.80 Å². The number of methoxy groups -OCH3 is 1. The first kappa shape index (κ1) is 15.4. The molecule has 0 amide bonds. The third-order valence-corrected chi connectivity index (χ3v) is 4.45. The lowest BCUT2D eigenvalue weighted by Crippen LogP contribution is -2.51. The molecule has 0 aliphatic carbocycles. The van der Waals surface area contributed by atoms with E-state index >= 15 is 0 Å². The highest BCUT2D eigenvalue weighted by Crippen LogP contribution is 2.42. The maximum absolute atomic E-state index is 9.19. The number of ether oxygens (including phenoxy) is 3. The second-order valence-corrected chi connectivity index (χ2v) is 5.91. The molecule has 0 bridgehead atoms. The summed E-state index contributed by atoms with van der Waals surface area (Å²) in [4.78, 5) is 4.74. The molecule has 3 rings (SSSR count). The zero-order chi connectivity index (χ0) is 15.5. The van der Waals surface area contributed by atoms with Gasteiger partial charge in [-0.2, -0.15) is 0 Å². The van der Waals surface area contributed by atoms with Gasteiger partial charge in [0.1, 0.15) is 0 Å². The zero-order valence-electron chi connectivity index (χ0n) is 13.2. The van der Waals surface area contributed by atoms with E-state index in [9.17, 15) is 5.11 Å². The minimum Gasteiger partial charge on any atom is -0.493 e. The number of likely N-dealkylation sites (N-methyl/N-ethyl adjacent to an activating group) is 1. The van der Waals surface area contributed by atoms with Gasteiger partial charge in [-0.05, 0) is 31.2 Å². The molecule has 22 heavy (non-hydrogen) atoms. The van der Waals surface area contributed by atoms with E-state index < -0.39 is 0 Å². The Morgan fingerprint density at radius 1 is 1.32 bits per heavy atom. The van der Waals surface area contributed by atoms with E-state index in [1.165, 1.54) is 0 Å². The third-order valence-electron chi connectivity index (χ3n) is 4.45. The quantitative estimate of drug-likeness (QED) is 0.873. The lowest BCUT2D eigenvalue weighted by Gasteiger charge is -2.39. The van der Waals surface area contributed by atoms with Crippen molar-refractivity contribution in [2.75, 3.05) is 47.2 Å². The van der Waals surface area contributed by atoms with E-state index in [0.29, 0.717) is 11.8 Å². The SMILES string of the molecule is COc1cc(CN2CCN(C)C(CCO)C2)cc2c1OCO2. The first-order valence-electron chi connectivity index (χ1n) is 7.71. The van der Waals surface area contributed by atoms with Gasteiger partial charge < -0.3 is 24.2 Å². The molecule has 2 aliphatic heterocycles. The standard InChI is InChI=1S/C16H24N2O4/c1-17-4-5-18(10-13(17)3-6-19)9-12-7-14(20-2)16-15(8-12)21-11-22-16/h7-8,13,19H,3-6,9-11H2,1-2H3. The minimum atomic E-state index is 0.237. The van der Waals surface area contributed by atoms with E-state index in [2.05, 4.69) is 16.8 Å². The highest BCUT2D eigenvalue weighted by Gasteiger charge is 2.25. The van der Waals surface area contributed by atoms with Crippen LogP contribution in [0.4, 0.5) is 0 Å². The van der Waals surface area contributed by atoms with Gasteiger partial charge in [-0.25, -0.2) is 0 Å². The van der Waals surface area contributed by atoms with Crippen LogP contribution in [0.1, 0.15) is 12.0 Å². The minimum absolute atomic E-state index is 0.237. The van der Waals surface area contributed by atoms with Crippen molar-refractivity contribution in [3.05, 3.63) is 17.7 Å². The summed E-state index contributed by atoms with van der Waals surface area (Å²) >= 11 is 0. The second-order valence-electron chi connectivity index (χ2n) is 5.91. The van der Waals surface area contributed by atoms with Crippen LogP contribution in [0.5, 0.6) is 17.2 Å². The number of piperazine rings is 1. The molecule has 0 aromatic heterocycles. The third kappa shape index (κ3) is 3.14. The van der Waals surface area contributed by atoms with Crippen LogP contribution in [-0.4, -0.2) is 68.1 Å². The predicted octanol–water partition coefficient (Wildman–Crippen LogP) is 0.922. The Balaban J connectivity index is 1.70. The number of aliphatic hydroxyl groups is 1. The van der Waals surface area contributed by atoms with Crippen molar-refractivity contribution in [2.24, 2.45) is 0 Å². The zero-order valence-corrected chi connectivity index (χ0v) is 13.2. The lowest BCUT2D eigenvalue weighted by molar-refractivity contribution is 0.0742. The molecule has 1 aromatic carbocycles. The molecule has 122 valence electrons. The van der Waals surface area contributed by atoms with Gasteiger partial charge in [-0.15, -0.1) is 0 Å². The fraction of sp³-hybridized carbons (Fsp3) is 0.625. The smallest absolute Gasteiger partial charge is 0.231 e. The molecular weight excluding hydrogens is 284 g/mol. The molecule has 1 atom stereocenters. The molecule has 1 fully saturated rings. The summed E-state index contributed by atoms with van der Waals surface area (Å²) in [6.07, 6.45) is 0.817. The molecule has 1 N–H and O–H groups in total. The Labute approximate surface area is 131 Å². The number of hydrogen-bond acceptors (Lipinski definition) is 6. The summed E-state index contributed by atoms with van der Waals surface area (Å²) in [5.41, 5.74) is 1.16. The molecule has 0 spiro atoms. The van der Waals surface area contributed by atoms with Crippen LogP contribution in [0.15, 0.2) is 12.1 Å². The Morgan fingerprint density at radius 3 is 2.95 bits per heavy atom. The van der Waals surface area contributed by atoms with Gasteiger partial charge in [-0.1, -0.05) is 0 Å². The van der Waals surface area contributed by atoms with Crippen LogP contribution in [-0.2, 0) is 6.54 Å². The summed E-state index contributed by atoms with van der Waals surface area (Å²) in [6, 6.07) is 4.46. The maximum Gasteiger partial charge on any atom is 0.231 e. The van der Waals surface area contributed by atoms with Crippen molar-refractivity contribution < 1.29 is 19.3 Å². The van der Waals surface area contributed by atoms with E-state index in [1.807, 2.05) is 12.1 Å². The molecule has 2 aliphatic rings. The van der Waals surface area contributed by atoms with E-state index in [1.54, 1.807) is 7.11 Å². The van der Waals surface area contributed by atoms with Crippen LogP contribution in [0.25, 0.3) is 0 Å². The number of hydrogen-bond donors (Lipinski definition) is 1. The van der Waals surface area contributed by atoms with Crippen LogP contribution < -0.4 is 14.2 Å². The molecule has 6 heteroatoms. The largest absolute Gasteiger partial charge is 0.493 e. The maximum atomic E-state index is 9.19. The number of fused-ring (bicyclic) bond motifs is 1. The Kier molecular flexibility index (Phi) is 4.71. The average molecular weight is 308 g/mol. The van der Waals surface area contributed by atoms with Gasteiger partial charge in [0.05, 0.1) is 7.11 Å². The summed E-state index contributed by atoms with van der Waals surface area (Å²) in [7, 11) is 3.77. The Hall–Kier alpha value is -1.50. The Bertz CT molecular complexity index is 523. The molecule has 2 heterocycles. The van der Waals surface area contributed by atoms with Crippen LogP contribution in [0.2, 0.25) is 0 Å². The van der Waals surface area contributed by atoms with Crippen LogP contribution in [0.3, 0.4) is 0 Å². The topological polar surface area (TPSA) is 54.4 Å². The van der Waals surface area contributed by atoms with E-state index in [4.69, 9.17) is 14.2 Å². The highest BCUT2D eigenvalue weighted by atomic mass is 16.7. The van der Waals surface area contributed by atoms with E-state index in [0.717, 1.165) is 49.7 Å². The second kappa shape index (κ2) is 6.73. The van der Waals surface area contributed by atoms with Gasteiger partial charge in [-0.3, -0.25) is 4.90 Å². The van der Waals surface area contributed by atoms with Crippen molar-refractivity contribution in [2.45, 2.75) is 19.0 Å². The number of rotatable bonds is 5. The van der Waals surface area contributed by atoms with Gasteiger partial charge in [0.15, 0.2) is 11.5 Å². The Morgan fingerprint density at radius 2 is 2.18 bits per heavy atom. The summed E-state index contributed by atoms with van der Waals surface area (Å²) in [6.45, 7) is 4.35. The predicted molar refractivity (Wildman–Crippen MR) is 82.5 cm³/mol. The molecular formula is C16H24N2O4. The van der Waals surface area contributed by atoms with Crippen molar-refractivity contribution in [3.63, 3.8) is 0 Å². The van der Waals surface area contributed by atoms with Gasteiger partial charge in [0.2, 0.25) is 12.5 Å². The molecule has 1 aromatic rings. The molecule has 0 saturated carbocycles. The van der Waals surface area contributed by atoms with Crippen molar-refractivity contribution in [3.8, 4) is 17.2 Å². The molecule has 1 saturated heterocycles. The van der Waals surface area contributed by atoms with Crippen molar-refractivity contribution in [1.29, 1.82) is 0 Å². The first-order chi connectivity index (χ1) is 10.7. The summed E-state index contributed by atoms with van der Waals surface area (Å²) in [5.74, 6) is 2.18. The molecule has 0 radical (unpaired) electrons. The van der Waals surface area contributed by atoms with E-state index in [-0.39, 0.29) is 13.4 Å². The van der Waals surface area contributed by atoms with Crippen LogP contribution in [0, 0.1) is 0 Å². The van der Waals surface area contributed by atoms with Crippen LogP contribution >= 0.6 is 0 Å². The molecule has 6 nitrogen and oxygen atoms in total. The molecule has 1 unspecified atom stereocenters. The average Bonchev–Trinajstić information content (AvgIpc) is 2.98. The fourth-order valence-electron chi connectivity index (χ4n) is 3.15. The fourth-order valence-corrected chi connectivity index (χ4v) is 3.15. The summed E-state index contributed by atoms with van der Waals surface area (Å²) in [5, 5.41) is 9.19. The van der Waals surface area contributed by atoms with Crippen molar-refractivity contribution >= 4 is 0 Å². The highest BCUT2D eigenvalue weighted by molar-refractivity contribution is 5.55. The monoisotopic (exact) mass is 308 g/mol. The summed E-state index contributed by atoms with van der Waals surface area (Å²) < 4.78 is 16.3. The lowest BCUT2D eigenvalue weighted by atomic mass is 10.1. The van der Waals surface area contributed by atoms with Gasteiger partial charge >= 0.3 is 0 Å².